The van der Waals surface area contributed by atoms with E-state index in [2.05, 4.69) is 17.0 Å². The molecule has 0 N–H and O–H groups in total. The van der Waals surface area contributed by atoms with Gasteiger partial charge in [0.25, 0.3) is 0 Å². The highest BCUT2D eigenvalue weighted by Crippen LogP contribution is 2.43. The van der Waals surface area contributed by atoms with Gasteiger partial charge in [0.1, 0.15) is 0 Å². The second kappa shape index (κ2) is 8.24. The Balaban J connectivity index is 1.73. The number of hydrogen-bond donors (Lipinski definition) is 0. The smallest absolute Gasteiger partial charge is 0.223 e. The van der Waals surface area contributed by atoms with Gasteiger partial charge in [0.2, 0.25) is 11.8 Å². The average Bonchev–Trinajstić information content (AvgIpc) is 2.99. The summed E-state index contributed by atoms with van der Waals surface area (Å²) in [7, 11) is 0. The fourth-order valence-electron chi connectivity index (χ4n) is 5.05. The number of benzene rings is 1. The number of rotatable bonds is 5. The van der Waals surface area contributed by atoms with Crippen molar-refractivity contribution >= 4 is 11.8 Å². The van der Waals surface area contributed by atoms with Crippen molar-refractivity contribution in [1.82, 2.24) is 9.80 Å². The predicted molar refractivity (Wildman–Crippen MR) is 104 cm³/mol. The van der Waals surface area contributed by atoms with E-state index in [1.165, 1.54) is 24.8 Å². The van der Waals surface area contributed by atoms with Gasteiger partial charge in [-0.15, -0.1) is 0 Å². The molecule has 26 heavy (non-hydrogen) atoms. The Labute approximate surface area is 157 Å². The van der Waals surface area contributed by atoms with E-state index >= 15 is 0 Å². The molecule has 2 amide bonds. The van der Waals surface area contributed by atoms with Crippen molar-refractivity contribution in [3.63, 3.8) is 0 Å². The lowest BCUT2D eigenvalue weighted by Gasteiger charge is -2.41. The van der Waals surface area contributed by atoms with E-state index in [0.717, 1.165) is 32.2 Å². The molecular weight excluding hydrogens is 324 g/mol. The lowest BCUT2D eigenvalue weighted by molar-refractivity contribution is -0.137. The first-order valence-electron chi connectivity index (χ1n) is 10.2. The summed E-state index contributed by atoms with van der Waals surface area (Å²) < 4.78 is 0. The SMILES string of the molecule is CCN(C(C)=O)[C@H]1CN(C(=O)CCc2ccccc2)C2(CCCCC2)C1. The molecule has 0 radical (unpaired) electrons. The second-order valence-electron chi connectivity index (χ2n) is 7.94. The normalized spacial score (nSPS) is 21.8. The highest BCUT2D eigenvalue weighted by molar-refractivity contribution is 5.78. The van der Waals surface area contributed by atoms with Gasteiger partial charge in [0, 0.05) is 32.0 Å². The molecule has 4 heteroatoms. The molecule has 3 rings (SSSR count). The molecule has 2 aliphatic rings. The molecule has 0 bridgehead atoms. The third-order valence-corrected chi connectivity index (χ3v) is 6.32. The first-order valence-corrected chi connectivity index (χ1v) is 10.2. The van der Waals surface area contributed by atoms with Crippen molar-refractivity contribution in [3.8, 4) is 0 Å². The number of likely N-dealkylation sites (N-methyl/N-ethyl adjacent to an activating group) is 1. The maximum atomic E-state index is 13.1. The first-order chi connectivity index (χ1) is 12.6. The van der Waals surface area contributed by atoms with E-state index in [-0.39, 0.29) is 23.4 Å². The van der Waals surface area contributed by atoms with Gasteiger partial charge in [-0.25, -0.2) is 0 Å². The van der Waals surface area contributed by atoms with Gasteiger partial charge >= 0.3 is 0 Å². The molecule has 0 unspecified atom stereocenters. The molecule has 1 aromatic carbocycles. The van der Waals surface area contributed by atoms with E-state index < -0.39 is 0 Å². The zero-order chi connectivity index (χ0) is 18.6. The van der Waals surface area contributed by atoms with Crippen LogP contribution in [0.25, 0.3) is 0 Å². The van der Waals surface area contributed by atoms with Gasteiger partial charge in [-0.1, -0.05) is 49.6 Å². The molecule has 1 aliphatic carbocycles. The minimum atomic E-state index is -0.0143. The van der Waals surface area contributed by atoms with Gasteiger partial charge in [-0.05, 0) is 38.2 Å². The van der Waals surface area contributed by atoms with Gasteiger partial charge in [0.15, 0.2) is 0 Å². The molecule has 1 spiro atoms. The van der Waals surface area contributed by atoms with Crippen LogP contribution >= 0.6 is 0 Å². The summed E-state index contributed by atoms with van der Waals surface area (Å²) in [6.45, 7) is 5.12. The lowest BCUT2D eigenvalue weighted by Crippen LogP contribution is -2.48. The Morgan fingerprint density at radius 2 is 1.85 bits per heavy atom. The maximum absolute atomic E-state index is 13.1. The first kappa shape index (κ1) is 18.9. The summed E-state index contributed by atoms with van der Waals surface area (Å²) in [6.07, 6.45) is 8.15. The Morgan fingerprint density at radius 3 is 2.46 bits per heavy atom. The molecule has 1 aromatic rings. The van der Waals surface area contributed by atoms with Crippen molar-refractivity contribution in [2.24, 2.45) is 0 Å². The minimum absolute atomic E-state index is 0.0143. The van der Waals surface area contributed by atoms with Crippen molar-refractivity contribution in [2.75, 3.05) is 13.1 Å². The maximum Gasteiger partial charge on any atom is 0.223 e. The Morgan fingerprint density at radius 1 is 1.15 bits per heavy atom. The van der Waals surface area contributed by atoms with Gasteiger partial charge in [-0.3, -0.25) is 9.59 Å². The van der Waals surface area contributed by atoms with Crippen LogP contribution in [0.1, 0.15) is 64.4 Å². The summed E-state index contributed by atoms with van der Waals surface area (Å²) in [4.78, 5) is 29.3. The molecule has 4 nitrogen and oxygen atoms in total. The van der Waals surface area contributed by atoms with Gasteiger partial charge < -0.3 is 9.80 Å². The zero-order valence-corrected chi connectivity index (χ0v) is 16.2. The minimum Gasteiger partial charge on any atom is -0.338 e. The number of carbonyl (C=O) groups excluding carboxylic acids is 2. The van der Waals surface area contributed by atoms with Crippen LogP contribution < -0.4 is 0 Å². The Kier molecular flexibility index (Phi) is 6.00. The van der Waals surface area contributed by atoms with E-state index in [0.29, 0.717) is 13.0 Å². The molecule has 0 aromatic heterocycles. The highest BCUT2D eigenvalue weighted by atomic mass is 16.2. The molecule has 142 valence electrons. The summed E-state index contributed by atoms with van der Waals surface area (Å²) in [5.74, 6) is 0.389. The van der Waals surface area contributed by atoms with Crippen LogP contribution in [0.5, 0.6) is 0 Å². The molecule has 1 aliphatic heterocycles. The third-order valence-electron chi connectivity index (χ3n) is 6.32. The number of aryl methyl sites for hydroxylation is 1. The molecule has 2 fully saturated rings. The standard InChI is InChI=1S/C22H32N2O2/c1-3-23(18(2)25)20-16-22(14-8-5-9-15-22)24(17-20)21(26)13-12-19-10-6-4-7-11-19/h4,6-7,10-11,20H,3,5,8-9,12-17H2,1-2H3/t20-/m1/s1. The Hall–Kier alpha value is -1.84. The largest absolute Gasteiger partial charge is 0.338 e. The monoisotopic (exact) mass is 356 g/mol. The van der Waals surface area contributed by atoms with Crippen LogP contribution in [0.2, 0.25) is 0 Å². The fourth-order valence-corrected chi connectivity index (χ4v) is 5.05. The average molecular weight is 357 g/mol. The van der Waals surface area contributed by atoms with E-state index in [1.54, 1.807) is 6.92 Å². The number of amides is 2. The van der Waals surface area contributed by atoms with Crippen LogP contribution in [0.3, 0.4) is 0 Å². The highest BCUT2D eigenvalue weighted by Gasteiger charge is 2.49. The van der Waals surface area contributed by atoms with E-state index in [9.17, 15) is 9.59 Å². The number of nitrogens with zero attached hydrogens (tertiary/aromatic N) is 2. The summed E-state index contributed by atoms with van der Waals surface area (Å²) in [5, 5.41) is 0. The van der Waals surface area contributed by atoms with E-state index in [1.807, 2.05) is 30.0 Å². The van der Waals surface area contributed by atoms with Gasteiger partial charge in [0.05, 0.1) is 6.04 Å². The fraction of sp³-hybridized carbons (Fsp3) is 0.636. The quantitative estimate of drug-likeness (QED) is 0.805. The predicted octanol–water partition coefficient (Wildman–Crippen LogP) is 3.79. The number of hydrogen-bond acceptors (Lipinski definition) is 2. The van der Waals surface area contributed by atoms with Crippen LogP contribution in [0.15, 0.2) is 30.3 Å². The Bertz CT molecular complexity index is 622. The second-order valence-corrected chi connectivity index (χ2v) is 7.94. The molecule has 1 saturated heterocycles. The third kappa shape index (κ3) is 3.94. The van der Waals surface area contributed by atoms with Crippen LogP contribution in [0.4, 0.5) is 0 Å². The van der Waals surface area contributed by atoms with Crippen molar-refractivity contribution in [2.45, 2.75) is 76.8 Å². The molecule has 1 saturated carbocycles. The molecular formula is C22H32N2O2. The number of likely N-dealkylation sites (tertiary alicyclic amines) is 1. The van der Waals surface area contributed by atoms with Crippen molar-refractivity contribution in [1.29, 1.82) is 0 Å². The van der Waals surface area contributed by atoms with Crippen molar-refractivity contribution < 1.29 is 9.59 Å². The summed E-state index contributed by atoms with van der Waals surface area (Å²) in [5.41, 5.74) is 1.20. The van der Waals surface area contributed by atoms with Crippen LogP contribution in [-0.2, 0) is 16.0 Å². The molecule has 1 atom stereocenters. The van der Waals surface area contributed by atoms with Crippen molar-refractivity contribution in [3.05, 3.63) is 35.9 Å². The lowest BCUT2D eigenvalue weighted by atomic mass is 9.79. The topological polar surface area (TPSA) is 40.6 Å². The van der Waals surface area contributed by atoms with Crippen LogP contribution in [0, 0.1) is 0 Å². The summed E-state index contributed by atoms with van der Waals surface area (Å²) >= 11 is 0. The van der Waals surface area contributed by atoms with Crippen LogP contribution in [-0.4, -0.2) is 46.3 Å². The summed E-state index contributed by atoms with van der Waals surface area (Å²) in [6, 6.07) is 10.4. The van der Waals surface area contributed by atoms with Gasteiger partial charge in [-0.2, -0.15) is 0 Å². The molecule has 1 heterocycles. The zero-order valence-electron chi connectivity index (χ0n) is 16.2. The van der Waals surface area contributed by atoms with E-state index in [4.69, 9.17) is 0 Å². The number of carbonyl (C=O) groups is 2.